The van der Waals surface area contributed by atoms with E-state index in [-0.39, 0.29) is 41.4 Å². The minimum atomic E-state index is -2.05. The van der Waals surface area contributed by atoms with Gasteiger partial charge in [0.25, 0.3) is 0 Å². The Morgan fingerprint density at radius 3 is 2.55 bits per heavy atom. The minimum absolute atomic E-state index is 0.0386. The lowest BCUT2D eigenvalue weighted by Gasteiger charge is -2.61. The summed E-state index contributed by atoms with van der Waals surface area (Å²) in [6, 6.07) is 6.90. The number of aliphatic hydroxyl groups is 1. The summed E-state index contributed by atoms with van der Waals surface area (Å²) in [4.78, 5) is 11.9. The van der Waals surface area contributed by atoms with Gasteiger partial charge < -0.3 is 5.11 Å². The monoisotopic (exact) mass is 477 g/mol. The lowest BCUT2D eigenvalue weighted by Crippen LogP contribution is -2.67. The Labute approximate surface area is 197 Å². The van der Waals surface area contributed by atoms with Gasteiger partial charge in [0.1, 0.15) is 6.17 Å². The Morgan fingerprint density at radius 2 is 1.85 bits per heavy atom. The molecule has 0 heterocycles. The number of nitrogens with zero attached hydrogens (tertiary/aromatic N) is 1. The third kappa shape index (κ3) is 3.32. The van der Waals surface area contributed by atoms with Crippen LogP contribution in [-0.4, -0.2) is 40.6 Å². The van der Waals surface area contributed by atoms with Crippen molar-refractivity contribution in [2.75, 3.05) is 11.6 Å². The lowest BCUT2D eigenvalue weighted by molar-refractivity contribution is -0.195. The highest BCUT2D eigenvalue weighted by molar-refractivity contribution is 6.30. The van der Waals surface area contributed by atoms with Crippen molar-refractivity contribution in [1.29, 1.82) is 0 Å². The zero-order chi connectivity index (χ0) is 23.8. The van der Waals surface area contributed by atoms with Gasteiger partial charge in [-0.15, -0.1) is 0 Å². The predicted octanol–water partition coefficient (Wildman–Crippen LogP) is 5.47. The number of ketones is 1. The van der Waals surface area contributed by atoms with Crippen molar-refractivity contribution >= 4 is 23.1 Å². The number of alkyl halides is 2. The molecular formula is C26H30ClF2NO3. The van der Waals surface area contributed by atoms with E-state index in [4.69, 9.17) is 11.6 Å². The van der Waals surface area contributed by atoms with Gasteiger partial charge in [0.05, 0.1) is 11.8 Å². The van der Waals surface area contributed by atoms with Crippen LogP contribution in [0.1, 0.15) is 39.5 Å². The van der Waals surface area contributed by atoms with E-state index in [9.17, 15) is 15.1 Å². The highest BCUT2D eigenvalue weighted by atomic mass is 35.5. The van der Waals surface area contributed by atoms with Crippen LogP contribution in [0.15, 0.2) is 48.1 Å². The molecule has 8 atom stereocenters. The Balaban J connectivity index is 1.44. The zero-order valence-electron chi connectivity index (χ0n) is 18.8. The van der Waals surface area contributed by atoms with Crippen LogP contribution >= 0.6 is 11.6 Å². The van der Waals surface area contributed by atoms with E-state index >= 15 is 8.78 Å². The molecule has 0 aliphatic heterocycles. The molecule has 33 heavy (non-hydrogen) atoms. The number of allylic oxidation sites excluding steroid dienone is 4. The number of carbonyl (C=O) groups is 1. The second-order valence-corrected chi connectivity index (χ2v) is 11.4. The average Bonchev–Trinajstić information content (AvgIpc) is 3.07. The van der Waals surface area contributed by atoms with Crippen LogP contribution in [0.4, 0.5) is 14.5 Å². The molecule has 0 radical (unpaired) electrons. The first-order chi connectivity index (χ1) is 15.5. The molecule has 2 N–H and O–H groups in total. The Hall–Kier alpha value is -1.76. The smallest absolute Gasteiger partial charge is 0.178 e. The summed E-state index contributed by atoms with van der Waals surface area (Å²) in [5, 5.41) is 23.6. The number of hydrogen-bond acceptors (Lipinski definition) is 4. The molecule has 4 nitrogen and oxygen atoms in total. The number of hydrogen-bond donors (Lipinski definition) is 2. The van der Waals surface area contributed by atoms with Gasteiger partial charge in [0.15, 0.2) is 11.5 Å². The average molecular weight is 478 g/mol. The molecule has 178 valence electrons. The molecule has 0 bridgehead atoms. The molecule has 0 spiro atoms. The standard InChI is InChI=1S/C26H30ClF2NO3/c1-24-12-15(14-30(33)17-5-3-16(27)4-6-17)9-19(24)20-11-22(28)21-10-18(31)7-8-25(21,2)26(20,29)23(32)13-24/h3-8,10,15,19-20,22-23,32-33H,9,11-14H2,1-2H3/t15-,19?,20+,22+,23+,24+,25+,26+/m1/s1. The van der Waals surface area contributed by atoms with E-state index in [0.717, 1.165) is 6.42 Å². The Kier molecular flexibility index (Phi) is 5.31. The van der Waals surface area contributed by atoms with Gasteiger partial charge in [-0.2, -0.15) is 0 Å². The SMILES string of the molecule is C[C@@]12C[C@H](CN(O)c3ccc(Cl)cc3)CC1[C@@H]1C[C@H](F)C3=CC(=O)C=C[C@]3(C)[C@@]1(F)[C@@H](O)C2. The van der Waals surface area contributed by atoms with Gasteiger partial charge in [-0.3, -0.25) is 15.1 Å². The summed E-state index contributed by atoms with van der Waals surface area (Å²) < 4.78 is 32.4. The van der Waals surface area contributed by atoms with Gasteiger partial charge in [-0.1, -0.05) is 24.6 Å². The fourth-order valence-electron chi connectivity index (χ4n) is 7.53. The molecule has 4 aliphatic rings. The number of hydroxylamine groups is 1. The van der Waals surface area contributed by atoms with Crippen LogP contribution < -0.4 is 5.06 Å². The van der Waals surface area contributed by atoms with Crippen molar-refractivity contribution in [3.63, 3.8) is 0 Å². The van der Waals surface area contributed by atoms with E-state index in [1.165, 1.54) is 23.3 Å². The normalized spacial score (nSPS) is 44.0. The number of benzene rings is 1. The maximum absolute atomic E-state index is 17.0. The lowest BCUT2D eigenvalue weighted by atomic mass is 9.45. The van der Waals surface area contributed by atoms with Crippen molar-refractivity contribution in [1.82, 2.24) is 0 Å². The quantitative estimate of drug-likeness (QED) is 0.567. The topological polar surface area (TPSA) is 60.8 Å². The molecule has 0 saturated heterocycles. The number of aliphatic hydroxyl groups excluding tert-OH is 1. The third-order valence-corrected chi connectivity index (χ3v) is 9.29. The largest absolute Gasteiger partial charge is 0.390 e. The molecule has 3 saturated carbocycles. The number of carbonyl (C=O) groups excluding carboxylic acids is 1. The maximum Gasteiger partial charge on any atom is 0.178 e. The van der Waals surface area contributed by atoms with Crippen molar-refractivity contribution in [3.05, 3.63) is 53.1 Å². The molecule has 4 aliphatic carbocycles. The first kappa shape index (κ1) is 23.0. The third-order valence-electron chi connectivity index (χ3n) is 9.04. The Bertz CT molecular complexity index is 1030. The number of anilines is 1. The number of rotatable bonds is 3. The van der Waals surface area contributed by atoms with E-state index in [1.807, 2.05) is 0 Å². The number of halogens is 3. The maximum atomic E-state index is 17.0. The van der Waals surface area contributed by atoms with E-state index in [0.29, 0.717) is 23.7 Å². The van der Waals surface area contributed by atoms with Crippen LogP contribution in [-0.2, 0) is 4.79 Å². The van der Waals surface area contributed by atoms with E-state index in [1.54, 1.807) is 31.2 Å². The van der Waals surface area contributed by atoms with Crippen molar-refractivity contribution in [2.24, 2.45) is 28.6 Å². The van der Waals surface area contributed by atoms with Gasteiger partial charge in [0, 0.05) is 22.9 Å². The highest BCUT2D eigenvalue weighted by Crippen LogP contribution is 2.68. The summed E-state index contributed by atoms with van der Waals surface area (Å²) >= 11 is 5.94. The van der Waals surface area contributed by atoms with Crippen LogP contribution in [0.25, 0.3) is 0 Å². The summed E-state index contributed by atoms with van der Waals surface area (Å²) in [5.41, 5.74) is -2.98. The summed E-state index contributed by atoms with van der Waals surface area (Å²) in [6.45, 7) is 4.05. The molecular weight excluding hydrogens is 448 g/mol. The molecule has 1 unspecified atom stereocenters. The molecule has 1 aromatic rings. The van der Waals surface area contributed by atoms with Crippen LogP contribution in [0.5, 0.6) is 0 Å². The second kappa shape index (κ2) is 7.62. The van der Waals surface area contributed by atoms with Crippen LogP contribution in [0.3, 0.4) is 0 Å². The molecule has 3 fully saturated rings. The molecule has 1 aromatic carbocycles. The van der Waals surface area contributed by atoms with Crippen LogP contribution in [0.2, 0.25) is 5.02 Å². The minimum Gasteiger partial charge on any atom is -0.390 e. The number of fused-ring (bicyclic) bond motifs is 5. The zero-order valence-corrected chi connectivity index (χ0v) is 19.6. The first-order valence-corrected chi connectivity index (χ1v) is 12.0. The van der Waals surface area contributed by atoms with Crippen molar-refractivity contribution in [3.8, 4) is 0 Å². The fourth-order valence-corrected chi connectivity index (χ4v) is 7.66. The predicted molar refractivity (Wildman–Crippen MR) is 123 cm³/mol. The van der Waals surface area contributed by atoms with E-state index < -0.39 is 29.3 Å². The van der Waals surface area contributed by atoms with Gasteiger partial charge in [0.2, 0.25) is 0 Å². The first-order valence-electron chi connectivity index (χ1n) is 11.7. The summed E-state index contributed by atoms with van der Waals surface area (Å²) in [5.74, 6) is -1.07. The highest BCUT2D eigenvalue weighted by Gasteiger charge is 2.71. The molecule has 0 amide bonds. The summed E-state index contributed by atoms with van der Waals surface area (Å²) in [7, 11) is 0. The van der Waals surface area contributed by atoms with Gasteiger partial charge >= 0.3 is 0 Å². The van der Waals surface area contributed by atoms with Crippen molar-refractivity contribution < 1.29 is 23.9 Å². The van der Waals surface area contributed by atoms with Crippen molar-refractivity contribution in [2.45, 2.75) is 57.5 Å². The molecule has 7 heteroatoms. The Morgan fingerprint density at radius 1 is 1.15 bits per heavy atom. The van der Waals surface area contributed by atoms with Gasteiger partial charge in [-0.05, 0) is 91.8 Å². The fraction of sp³-hybridized carbons (Fsp3) is 0.577. The van der Waals surface area contributed by atoms with E-state index in [2.05, 4.69) is 6.92 Å². The van der Waals surface area contributed by atoms with Crippen LogP contribution in [0, 0.1) is 28.6 Å². The summed E-state index contributed by atoms with van der Waals surface area (Å²) in [6.07, 6.45) is 2.91. The van der Waals surface area contributed by atoms with Gasteiger partial charge in [-0.25, -0.2) is 8.78 Å². The molecule has 5 rings (SSSR count). The second-order valence-electron chi connectivity index (χ2n) is 11.0. The molecule has 0 aromatic heterocycles.